The second-order valence-electron chi connectivity index (χ2n) is 6.74. The lowest BCUT2D eigenvalue weighted by atomic mass is 10.0. The van der Waals surface area contributed by atoms with Crippen molar-refractivity contribution in [2.75, 3.05) is 13.1 Å². The minimum absolute atomic E-state index is 0.0365. The average Bonchev–Trinajstić information content (AvgIpc) is 3.36. The van der Waals surface area contributed by atoms with Crippen LogP contribution in [0.4, 0.5) is 0 Å². The van der Waals surface area contributed by atoms with E-state index in [0.29, 0.717) is 6.42 Å². The number of hydrogen-bond acceptors (Lipinski definition) is 6. The molecule has 6 nitrogen and oxygen atoms in total. The predicted molar refractivity (Wildman–Crippen MR) is 104 cm³/mol. The summed E-state index contributed by atoms with van der Waals surface area (Å²) in [6, 6.07) is 9.96. The molecule has 1 amide bonds. The quantitative estimate of drug-likeness (QED) is 0.709. The Morgan fingerprint density at radius 1 is 1.22 bits per heavy atom. The first-order valence-electron chi connectivity index (χ1n) is 9.16. The summed E-state index contributed by atoms with van der Waals surface area (Å²) in [6.45, 7) is 2.82. The number of hydrogen-bond donors (Lipinski definition) is 1. The van der Waals surface area contributed by atoms with Crippen molar-refractivity contribution < 1.29 is 9.21 Å². The van der Waals surface area contributed by atoms with Crippen molar-refractivity contribution in [3.05, 3.63) is 59.6 Å². The number of amides is 1. The molecule has 0 radical (unpaired) electrons. The van der Waals surface area contributed by atoms with Crippen molar-refractivity contribution in [2.45, 2.75) is 31.8 Å². The molecule has 0 aliphatic carbocycles. The van der Waals surface area contributed by atoms with Crippen molar-refractivity contribution >= 4 is 17.2 Å². The summed E-state index contributed by atoms with van der Waals surface area (Å²) in [4.78, 5) is 23.6. The summed E-state index contributed by atoms with van der Waals surface area (Å²) < 4.78 is 5.35. The number of likely N-dealkylation sites (tertiary alicyclic amines) is 1. The first-order valence-corrected chi connectivity index (χ1v) is 10.0. The summed E-state index contributed by atoms with van der Waals surface area (Å²) >= 11 is 1.50. The van der Waals surface area contributed by atoms with E-state index in [-0.39, 0.29) is 11.9 Å². The van der Waals surface area contributed by atoms with Gasteiger partial charge in [0.25, 0.3) is 0 Å². The molecule has 3 aromatic heterocycles. The summed E-state index contributed by atoms with van der Waals surface area (Å²) in [5, 5.41) is 5.89. The highest BCUT2D eigenvalue weighted by Crippen LogP contribution is 2.24. The maximum Gasteiger partial charge on any atom is 0.226 e. The van der Waals surface area contributed by atoms with E-state index in [1.807, 2.05) is 35.8 Å². The smallest absolute Gasteiger partial charge is 0.226 e. The van der Waals surface area contributed by atoms with Crippen LogP contribution in [0.3, 0.4) is 0 Å². The van der Waals surface area contributed by atoms with E-state index in [0.717, 1.165) is 54.6 Å². The third-order valence-corrected chi connectivity index (χ3v) is 5.60. The van der Waals surface area contributed by atoms with E-state index >= 15 is 0 Å². The van der Waals surface area contributed by atoms with Crippen LogP contribution in [-0.2, 0) is 17.8 Å². The Morgan fingerprint density at radius 3 is 2.85 bits per heavy atom. The number of thiazole rings is 1. The molecule has 0 aromatic carbocycles. The summed E-state index contributed by atoms with van der Waals surface area (Å²) in [5.41, 5.74) is 1.88. The fourth-order valence-corrected chi connectivity index (χ4v) is 4.09. The highest BCUT2D eigenvalue weighted by Gasteiger charge is 2.21. The highest BCUT2D eigenvalue weighted by molar-refractivity contribution is 7.13. The van der Waals surface area contributed by atoms with Crippen LogP contribution in [0.2, 0.25) is 0 Å². The molecule has 1 aliphatic rings. The van der Waals surface area contributed by atoms with Crippen LogP contribution in [0.1, 0.15) is 24.2 Å². The summed E-state index contributed by atoms with van der Waals surface area (Å²) in [7, 11) is 0. The Labute approximate surface area is 162 Å². The molecule has 1 aliphatic heterocycles. The van der Waals surface area contributed by atoms with E-state index < -0.39 is 0 Å². The zero-order chi connectivity index (χ0) is 18.5. The Hall–Kier alpha value is -2.51. The van der Waals surface area contributed by atoms with Gasteiger partial charge in [-0.3, -0.25) is 14.7 Å². The van der Waals surface area contributed by atoms with E-state index in [2.05, 4.69) is 26.3 Å². The highest BCUT2D eigenvalue weighted by atomic mass is 32.1. The predicted octanol–water partition coefficient (Wildman–Crippen LogP) is 3.12. The van der Waals surface area contributed by atoms with Crippen LogP contribution in [0.25, 0.3) is 10.8 Å². The van der Waals surface area contributed by atoms with Gasteiger partial charge in [-0.25, -0.2) is 4.98 Å². The van der Waals surface area contributed by atoms with Crippen LogP contribution in [-0.4, -0.2) is 39.9 Å². The number of nitrogens with one attached hydrogen (secondary N) is 1. The Morgan fingerprint density at radius 2 is 2.11 bits per heavy atom. The Balaban J connectivity index is 1.23. The molecular formula is C20H22N4O2S. The van der Waals surface area contributed by atoms with Crippen LogP contribution < -0.4 is 5.32 Å². The van der Waals surface area contributed by atoms with E-state index in [1.54, 1.807) is 6.26 Å². The molecule has 0 spiro atoms. The second kappa shape index (κ2) is 8.45. The monoisotopic (exact) mass is 382 g/mol. The van der Waals surface area contributed by atoms with Gasteiger partial charge in [0.2, 0.25) is 5.91 Å². The molecule has 3 aromatic rings. The van der Waals surface area contributed by atoms with Gasteiger partial charge < -0.3 is 9.73 Å². The normalized spacial score (nSPS) is 15.7. The molecule has 7 heteroatoms. The lowest BCUT2D eigenvalue weighted by molar-refractivity contribution is -0.121. The van der Waals surface area contributed by atoms with Gasteiger partial charge in [-0.15, -0.1) is 11.3 Å². The van der Waals surface area contributed by atoms with Crippen LogP contribution in [0, 0.1) is 0 Å². The van der Waals surface area contributed by atoms with Gasteiger partial charge in [0.05, 0.1) is 24.1 Å². The molecule has 1 N–H and O–H groups in total. The maximum atomic E-state index is 12.4. The minimum Gasteiger partial charge on any atom is -0.462 e. The van der Waals surface area contributed by atoms with Gasteiger partial charge >= 0.3 is 0 Å². The lowest BCUT2D eigenvalue weighted by Gasteiger charge is -2.32. The van der Waals surface area contributed by atoms with Gasteiger partial charge in [0.15, 0.2) is 10.8 Å². The summed E-state index contributed by atoms with van der Waals surface area (Å²) in [6.07, 6.45) is 5.70. The van der Waals surface area contributed by atoms with E-state index in [9.17, 15) is 4.79 Å². The number of carbonyl (C=O) groups excluding carboxylic acids is 1. The molecule has 0 bridgehead atoms. The fraction of sp³-hybridized carbons (Fsp3) is 0.350. The van der Waals surface area contributed by atoms with Gasteiger partial charge in [-0.05, 0) is 37.1 Å². The molecule has 4 rings (SSSR count). The number of pyridine rings is 1. The SMILES string of the molecule is O=C(Cc1csc(-c2ccco2)n1)NC1CCN(Cc2ccccn2)CC1. The van der Waals surface area contributed by atoms with Crippen molar-refractivity contribution in [2.24, 2.45) is 0 Å². The number of piperidine rings is 1. The first-order chi connectivity index (χ1) is 13.3. The molecule has 140 valence electrons. The Bertz CT molecular complexity index is 855. The number of nitrogens with zero attached hydrogens (tertiary/aromatic N) is 3. The van der Waals surface area contributed by atoms with E-state index in [1.165, 1.54) is 11.3 Å². The standard InChI is InChI=1S/C20H22N4O2S/c25-19(12-17-14-27-20(23-17)18-5-3-11-26-18)22-15-6-9-24(10-7-15)13-16-4-1-2-8-21-16/h1-5,8,11,14-15H,6-7,9-10,12-13H2,(H,22,25). The zero-order valence-corrected chi connectivity index (χ0v) is 15.8. The molecule has 4 heterocycles. The second-order valence-corrected chi connectivity index (χ2v) is 7.60. The average molecular weight is 382 g/mol. The Kier molecular flexibility index (Phi) is 5.60. The molecule has 1 saturated heterocycles. The van der Waals surface area contributed by atoms with Crippen molar-refractivity contribution in [3.63, 3.8) is 0 Å². The number of furan rings is 1. The van der Waals surface area contributed by atoms with Gasteiger partial charge in [-0.2, -0.15) is 0 Å². The van der Waals surface area contributed by atoms with Gasteiger partial charge in [-0.1, -0.05) is 6.07 Å². The minimum atomic E-state index is 0.0365. The molecule has 1 fully saturated rings. The largest absolute Gasteiger partial charge is 0.462 e. The van der Waals surface area contributed by atoms with Gasteiger partial charge in [0.1, 0.15) is 0 Å². The number of rotatable bonds is 6. The molecule has 27 heavy (non-hydrogen) atoms. The first kappa shape index (κ1) is 17.9. The third-order valence-electron chi connectivity index (χ3n) is 4.69. The number of carbonyl (C=O) groups is 1. The van der Waals surface area contributed by atoms with Crippen LogP contribution in [0.5, 0.6) is 0 Å². The number of aromatic nitrogens is 2. The molecule has 0 saturated carbocycles. The van der Waals surface area contributed by atoms with Crippen LogP contribution >= 0.6 is 11.3 Å². The molecular weight excluding hydrogens is 360 g/mol. The zero-order valence-electron chi connectivity index (χ0n) is 15.0. The fourth-order valence-electron chi connectivity index (χ4n) is 3.30. The molecule has 0 unspecified atom stereocenters. The molecule has 0 atom stereocenters. The van der Waals surface area contributed by atoms with Crippen molar-refractivity contribution in [1.29, 1.82) is 0 Å². The maximum absolute atomic E-state index is 12.4. The van der Waals surface area contributed by atoms with Crippen molar-refractivity contribution in [3.8, 4) is 10.8 Å². The lowest BCUT2D eigenvalue weighted by Crippen LogP contribution is -2.44. The van der Waals surface area contributed by atoms with Gasteiger partial charge in [0, 0.05) is 37.3 Å². The summed E-state index contributed by atoms with van der Waals surface area (Å²) in [5.74, 6) is 0.779. The van der Waals surface area contributed by atoms with Crippen LogP contribution in [0.15, 0.2) is 52.6 Å². The van der Waals surface area contributed by atoms with Crippen molar-refractivity contribution in [1.82, 2.24) is 20.2 Å². The third kappa shape index (κ3) is 4.81. The van der Waals surface area contributed by atoms with E-state index in [4.69, 9.17) is 4.42 Å². The topological polar surface area (TPSA) is 71.3 Å².